The van der Waals surface area contributed by atoms with Gasteiger partial charge >= 0.3 is 6.03 Å². The molecule has 19 heavy (non-hydrogen) atoms. The van der Waals surface area contributed by atoms with Crippen molar-refractivity contribution in [2.24, 2.45) is 5.92 Å². The number of amides is 2. The van der Waals surface area contributed by atoms with E-state index in [4.69, 9.17) is 16.7 Å². The van der Waals surface area contributed by atoms with E-state index in [0.717, 1.165) is 38.8 Å². The Morgan fingerprint density at radius 3 is 3.05 bits per heavy atom. The Hall–Kier alpha value is -0.780. The number of likely N-dealkylation sites (tertiary alicyclic amines) is 1. The van der Waals surface area contributed by atoms with Crippen LogP contribution in [0.4, 0.5) is 10.5 Å². The normalized spacial score (nSPS) is 20.1. The molecule has 1 atom stereocenters. The molecule has 0 radical (unpaired) electrons. The highest BCUT2D eigenvalue weighted by molar-refractivity contribution is 7.15. The molecule has 6 heteroatoms. The van der Waals surface area contributed by atoms with Crippen molar-refractivity contribution in [3.05, 3.63) is 15.8 Å². The molecule has 1 aliphatic rings. The predicted octanol–water partition coefficient (Wildman–Crippen LogP) is 3.42. The molecule has 1 saturated heterocycles. The van der Waals surface area contributed by atoms with Crippen molar-refractivity contribution < 1.29 is 9.90 Å². The molecular formula is C13H19ClN2O2S. The summed E-state index contributed by atoms with van der Waals surface area (Å²) in [6.07, 6.45) is 3.89. The highest BCUT2D eigenvalue weighted by Gasteiger charge is 2.20. The Bertz CT molecular complexity index is 425. The van der Waals surface area contributed by atoms with E-state index in [9.17, 15) is 4.79 Å². The number of carbonyl (C=O) groups excluding carboxylic acids is 1. The van der Waals surface area contributed by atoms with E-state index >= 15 is 0 Å². The number of urea groups is 1. The van der Waals surface area contributed by atoms with E-state index in [-0.39, 0.29) is 12.6 Å². The van der Waals surface area contributed by atoms with E-state index in [0.29, 0.717) is 15.9 Å². The van der Waals surface area contributed by atoms with Gasteiger partial charge in [0.1, 0.15) is 4.34 Å². The quantitative estimate of drug-likeness (QED) is 0.899. The van der Waals surface area contributed by atoms with Gasteiger partial charge < -0.3 is 15.3 Å². The van der Waals surface area contributed by atoms with Gasteiger partial charge in [-0.1, -0.05) is 11.6 Å². The largest absolute Gasteiger partial charge is 0.396 e. The first-order valence-corrected chi connectivity index (χ1v) is 7.86. The lowest BCUT2D eigenvalue weighted by Gasteiger charge is -2.21. The van der Waals surface area contributed by atoms with E-state index < -0.39 is 0 Å². The van der Waals surface area contributed by atoms with Crippen LogP contribution in [0.3, 0.4) is 0 Å². The van der Waals surface area contributed by atoms with Gasteiger partial charge in [-0.2, -0.15) is 0 Å². The van der Waals surface area contributed by atoms with Crippen LogP contribution in [0.5, 0.6) is 0 Å². The number of aliphatic hydroxyl groups is 1. The number of halogens is 1. The summed E-state index contributed by atoms with van der Waals surface area (Å²) in [5, 5.41) is 13.7. The molecule has 1 fully saturated rings. The van der Waals surface area contributed by atoms with E-state index in [1.807, 2.05) is 16.3 Å². The summed E-state index contributed by atoms with van der Waals surface area (Å²) in [6, 6.07) is 1.74. The van der Waals surface area contributed by atoms with Crippen LogP contribution in [-0.2, 0) is 0 Å². The second-order valence-electron chi connectivity index (χ2n) is 4.83. The number of rotatable bonds is 3. The highest BCUT2D eigenvalue weighted by atomic mass is 35.5. The first-order valence-electron chi connectivity index (χ1n) is 6.60. The maximum atomic E-state index is 12.1. The molecule has 1 aromatic heterocycles. The monoisotopic (exact) mass is 302 g/mol. The van der Waals surface area contributed by atoms with Gasteiger partial charge in [0.2, 0.25) is 0 Å². The summed E-state index contributed by atoms with van der Waals surface area (Å²) in [6.45, 7) is 1.76. The van der Waals surface area contributed by atoms with Gasteiger partial charge in [0.15, 0.2) is 0 Å². The molecule has 0 aliphatic carbocycles. The lowest BCUT2D eigenvalue weighted by atomic mass is 9.98. The summed E-state index contributed by atoms with van der Waals surface area (Å²) in [5.74, 6) is 0.535. The molecule has 4 nitrogen and oxygen atoms in total. The molecule has 2 amide bonds. The number of carbonyl (C=O) groups is 1. The van der Waals surface area contributed by atoms with Crippen molar-refractivity contribution in [3.63, 3.8) is 0 Å². The fourth-order valence-electron chi connectivity index (χ4n) is 2.42. The van der Waals surface area contributed by atoms with Crippen LogP contribution in [-0.4, -0.2) is 35.7 Å². The topological polar surface area (TPSA) is 52.6 Å². The molecule has 1 unspecified atom stereocenters. The minimum atomic E-state index is -0.0788. The molecule has 1 aliphatic heterocycles. The lowest BCUT2D eigenvalue weighted by molar-refractivity contribution is 0.211. The fraction of sp³-hybridized carbons (Fsp3) is 0.615. The summed E-state index contributed by atoms with van der Waals surface area (Å²) in [7, 11) is 0. The summed E-state index contributed by atoms with van der Waals surface area (Å²) >= 11 is 7.39. The number of aliphatic hydroxyl groups excluding tert-OH is 1. The number of nitrogens with one attached hydrogen (secondary N) is 1. The first-order chi connectivity index (χ1) is 9.20. The average Bonchev–Trinajstić information content (AvgIpc) is 2.66. The second kappa shape index (κ2) is 7.12. The molecular weight excluding hydrogens is 284 g/mol. The molecule has 2 heterocycles. The Morgan fingerprint density at radius 2 is 2.37 bits per heavy atom. The zero-order valence-corrected chi connectivity index (χ0v) is 12.3. The van der Waals surface area contributed by atoms with Gasteiger partial charge in [0.05, 0.1) is 5.69 Å². The maximum absolute atomic E-state index is 12.1. The van der Waals surface area contributed by atoms with E-state index in [1.54, 1.807) is 0 Å². The minimum Gasteiger partial charge on any atom is -0.396 e. The molecule has 1 aromatic rings. The van der Waals surface area contributed by atoms with Crippen molar-refractivity contribution in [1.82, 2.24) is 4.90 Å². The number of thiophene rings is 1. The van der Waals surface area contributed by atoms with Crippen molar-refractivity contribution >= 4 is 34.7 Å². The lowest BCUT2D eigenvalue weighted by Crippen LogP contribution is -2.35. The zero-order chi connectivity index (χ0) is 13.7. The fourth-order valence-corrected chi connectivity index (χ4v) is 3.25. The molecule has 0 saturated carbocycles. The third kappa shape index (κ3) is 4.09. The summed E-state index contributed by atoms with van der Waals surface area (Å²) in [5.41, 5.74) is 0.688. The molecule has 2 rings (SSSR count). The van der Waals surface area contributed by atoms with Gasteiger partial charge in [-0.25, -0.2) is 4.79 Å². The number of hydrogen-bond acceptors (Lipinski definition) is 3. The molecule has 0 spiro atoms. The standard InChI is InChI=1S/C13H19ClN2O2S/c14-12-11(5-9-19-12)15-13(18)16-6-1-2-10(3-7-16)4-8-17/h5,9-10,17H,1-4,6-8H2,(H,15,18). The number of hydrogen-bond donors (Lipinski definition) is 2. The van der Waals surface area contributed by atoms with E-state index in [2.05, 4.69) is 5.32 Å². The molecule has 106 valence electrons. The van der Waals surface area contributed by atoms with Crippen LogP contribution in [0.1, 0.15) is 25.7 Å². The number of nitrogens with zero attached hydrogens (tertiary/aromatic N) is 1. The van der Waals surface area contributed by atoms with Crippen LogP contribution < -0.4 is 5.32 Å². The van der Waals surface area contributed by atoms with Gasteiger partial charge in [-0.05, 0) is 43.0 Å². The molecule has 0 aromatic carbocycles. The van der Waals surface area contributed by atoms with Crippen molar-refractivity contribution in [2.75, 3.05) is 25.0 Å². The van der Waals surface area contributed by atoms with Crippen LogP contribution in [0.15, 0.2) is 11.4 Å². The van der Waals surface area contributed by atoms with Gasteiger partial charge in [-0.3, -0.25) is 0 Å². The predicted molar refractivity (Wildman–Crippen MR) is 79.0 cm³/mol. The van der Waals surface area contributed by atoms with Crippen LogP contribution in [0.25, 0.3) is 0 Å². The average molecular weight is 303 g/mol. The van der Waals surface area contributed by atoms with Crippen LogP contribution in [0, 0.1) is 5.92 Å². The third-order valence-electron chi connectivity index (χ3n) is 3.53. The Balaban J connectivity index is 1.87. The Labute approximate surface area is 122 Å². The minimum absolute atomic E-state index is 0.0788. The van der Waals surface area contributed by atoms with Crippen molar-refractivity contribution in [2.45, 2.75) is 25.7 Å². The SMILES string of the molecule is O=C(Nc1ccsc1Cl)N1CCCC(CCO)CC1. The maximum Gasteiger partial charge on any atom is 0.321 e. The van der Waals surface area contributed by atoms with Crippen molar-refractivity contribution in [3.8, 4) is 0 Å². The smallest absolute Gasteiger partial charge is 0.321 e. The second-order valence-corrected chi connectivity index (χ2v) is 6.35. The van der Waals surface area contributed by atoms with Gasteiger partial charge in [0, 0.05) is 19.7 Å². The van der Waals surface area contributed by atoms with Crippen LogP contribution >= 0.6 is 22.9 Å². The third-order valence-corrected chi connectivity index (χ3v) is 4.70. The van der Waals surface area contributed by atoms with Gasteiger partial charge in [0.25, 0.3) is 0 Å². The summed E-state index contributed by atoms with van der Waals surface area (Å²) in [4.78, 5) is 14.0. The van der Waals surface area contributed by atoms with Crippen LogP contribution in [0.2, 0.25) is 4.34 Å². The van der Waals surface area contributed by atoms with Crippen molar-refractivity contribution in [1.29, 1.82) is 0 Å². The molecule has 0 bridgehead atoms. The molecule has 2 N–H and O–H groups in total. The van der Waals surface area contributed by atoms with E-state index in [1.165, 1.54) is 11.3 Å². The Kier molecular flexibility index (Phi) is 5.48. The highest BCUT2D eigenvalue weighted by Crippen LogP contribution is 2.28. The zero-order valence-electron chi connectivity index (χ0n) is 10.8. The first kappa shape index (κ1) is 14.6. The number of anilines is 1. The van der Waals surface area contributed by atoms with Gasteiger partial charge in [-0.15, -0.1) is 11.3 Å². The summed E-state index contributed by atoms with van der Waals surface area (Å²) < 4.78 is 0.612. The Morgan fingerprint density at radius 1 is 1.53 bits per heavy atom.